The van der Waals surface area contributed by atoms with Crippen LogP contribution in [0.5, 0.6) is 5.75 Å². The van der Waals surface area contributed by atoms with Crippen molar-refractivity contribution in [3.05, 3.63) is 72.1 Å². The molecular weight excluding hydrogens is 260 g/mol. The molecule has 0 radical (unpaired) electrons. The third-order valence-corrected chi connectivity index (χ3v) is 3.60. The van der Waals surface area contributed by atoms with Crippen LogP contribution in [0.25, 0.3) is 10.8 Å². The van der Waals surface area contributed by atoms with Crippen molar-refractivity contribution in [2.45, 2.75) is 13.0 Å². The molecule has 0 bridgehead atoms. The van der Waals surface area contributed by atoms with E-state index in [9.17, 15) is 0 Å². The molecule has 0 amide bonds. The van der Waals surface area contributed by atoms with E-state index >= 15 is 0 Å². The topological polar surface area (TPSA) is 48.1 Å². The fourth-order valence-corrected chi connectivity index (χ4v) is 2.49. The number of nitrogens with zero attached hydrogens (tertiary/aromatic N) is 1. The normalized spacial score (nSPS) is 10.7. The Morgan fingerprint density at radius 2 is 1.76 bits per heavy atom. The quantitative estimate of drug-likeness (QED) is 0.779. The summed E-state index contributed by atoms with van der Waals surface area (Å²) in [6, 6.07) is 16.4. The molecule has 3 nitrogen and oxygen atoms in total. The van der Waals surface area contributed by atoms with Gasteiger partial charge in [0.1, 0.15) is 5.75 Å². The number of nitrogens with two attached hydrogens (primary N) is 1. The predicted octanol–water partition coefficient (Wildman–Crippen LogP) is 3.32. The summed E-state index contributed by atoms with van der Waals surface area (Å²) in [7, 11) is 0. The smallest absolute Gasteiger partial charge is 0.124 e. The second-order valence-corrected chi connectivity index (χ2v) is 4.92. The summed E-state index contributed by atoms with van der Waals surface area (Å²) >= 11 is 0. The van der Waals surface area contributed by atoms with Crippen molar-refractivity contribution in [1.29, 1.82) is 0 Å². The van der Waals surface area contributed by atoms with Crippen LogP contribution in [0.15, 0.2) is 60.9 Å². The van der Waals surface area contributed by atoms with Crippen molar-refractivity contribution in [1.82, 2.24) is 4.98 Å². The van der Waals surface area contributed by atoms with E-state index in [0.717, 1.165) is 17.7 Å². The Kier molecular flexibility index (Phi) is 4.12. The average molecular weight is 278 g/mol. The number of rotatable bonds is 5. The van der Waals surface area contributed by atoms with E-state index in [0.29, 0.717) is 13.2 Å². The summed E-state index contributed by atoms with van der Waals surface area (Å²) in [6.45, 7) is 1.11. The van der Waals surface area contributed by atoms with Gasteiger partial charge in [0.15, 0.2) is 0 Å². The van der Waals surface area contributed by atoms with Crippen molar-refractivity contribution >= 4 is 10.8 Å². The fraction of sp³-hybridized carbons (Fsp3) is 0.167. The summed E-state index contributed by atoms with van der Waals surface area (Å²) < 4.78 is 5.94. The van der Waals surface area contributed by atoms with Crippen LogP contribution in [0.1, 0.15) is 11.1 Å². The van der Waals surface area contributed by atoms with Crippen LogP contribution < -0.4 is 10.5 Å². The van der Waals surface area contributed by atoms with Gasteiger partial charge in [-0.2, -0.15) is 0 Å². The molecule has 1 aromatic heterocycles. The van der Waals surface area contributed by atoms with Gasteiger partial charge < -0.3 is 10.5 Å². The largest absolute Gasteiger partial charge is 0.493 e. The summed E-state index contributed by atoms with van der Waals surface area (Å²) in [6.07, 6.45) is 4.46. The molecule has 0 unspecified atom stereocenters. The van der Waals surface area contributed by atoms with Gasteiger partial charge in [0.25, 0.3) is 0 Å². The number of pyridine rings is 1. The van der Waals surface area contributed by atoms with Gasteiger partial charge in [-0.3, -0.25) is 4.98 Å². The molecule has 3 rings (SSSR count). The lowest BCUT2D eigenvalue weighted by atomic mass is 10.0. The molecule has 2 aromatic carbocycles. The molecule has 0 saturated heterocycles. The van der Waals surface area contributed by atoms with E-state index < -0.39 is 0 Å². The maximum Gasteiger partial charge on any atom is 0.124 e. The first kappa shape index (κ1) is 13.6. The SMILES string of the molecule is NCc1c(OCCc2ccncc2)ccc2ccccc12. The number of hydrogen-bond acceptors (Lipinski definition) is 3. The first-order valence-electron chi connectivity index (χ1n) is 7.11. The minimum absolute atomic E-state index is 0.478. The van der Waals surface area contributed by atoms with Gasteiger partial charge in [0.05, 0.1) is 6.61 Å². The van der Waals surface area contributed by atoms with Crippen LogP contribution in [0.3, 0.4) is 0 Å². The van der Waals surface area contributed by atoms with E-state index in [1.807, 2.05) is 30.3 Å². The zero-order chi connectivity index (χ0) is 14.5. The van der Waals surface area contributed by atoms with Crippen molar-refractivity contribution in [3.8, 4) is 5.75 Å². The third-order valence-electron chi connectivity index (χ3n) is 3.60. The maximum atomic E-state index is 5.94. The first-order chi connectivity index (χ1) is 10.4. The van der Waals surface area contributed by atoms with E-state index in [1.54, 1.807) is 12.4 Å². The van der Waals surface area contributed by atoms with Gasteiger partial charge in [-0.1, -0.05) is 30.3 Å². The van der Waals surface area contributed by atoms with Crippen LogP contribution >= 0.6 is 0 Å². The molecule has 0 fully saturated rings. The lowest BCUT2D eigenvalue weighted by Crippen LogP contribution is -2.06. The van der Waals surface area contributed by atoms with Gasteiger partial charge in [-0.15, -0.1) is 0 Å². The van der Waals surface area contributed by atoms with Gasteiger partial charge in [-0.05, 0) is 34.5 Å². The van der Waals surface area contributed by atoms with Gasteiger partial charge in [0, 0.05) is 30.9 Å². The second-order valence-electron chi connectivity index (χ2n) is 4.92. The molecule has 0 atom stereocenters. The number of fused-ring (bicyclic) bond motifs is 1. The first-order valence-corrected chi connectivity index (χ1v) is 7.11. The minimum Gasteiger partial charge on any atom is -0.493 e. The Balaban J connectivity index is 1.77. The molecule has 3 aromatic rings. The maximum absolute atomic E-state index is 5.94. The molecule has 1 heterocycles. The fourth-order valence-electron chi connectivity index (χ4n) is 2.49. The molecule has 0 aliphatic rings. The van der Waals surface area contributed by atoms with Gasteiger partial charge >= 0.3 is 0 Å². The summed E-state index contributed by atoms with van der Waals surface area (Å²) in [5, 5.41) is 2.36. The second kappa shape index (κ2) is 6.37. The predicted molar refractivity (Wildman–Crippen MR) is 85.3 cm³/mol. The zero-order valence-electron chi connectivity index (χ0n) is 11.8. The summed E-state index contributed by atoms with van der Waals surface area (Å²) in [4.78, 5) is 4.02. The third kappa shape index (κ3) is 3.03. The lowest BCUT2D eigenvalue weighted by Gasteiger charge is -2.13. The lowest BCUT2D eigenvalue weighted by molar-refractivity contribution is 0.319. The van der Waals surface area contributed by atoms with E-state index in [2.05, 4.69) is 23.2 Å². The molecular formula is C18H18N2O. The highest BCUT2D eigenvalue weighted by atomic mass is 16.5. The number of hydrogen-bond donors (Lipinski definition) is 1. The van der Waals surface area contributed by atoms with E-state index in [4.69, 9.17) is 10.5 Å². The molecule has 0 spiro atoms. The number of ether oxygens (including phenoxy) is 1. The Bertz CT molecular complexity index is 726. The average Bonchev–Trinajstić information content (AvgIpc) is 2.55. The monoisotopic (exact) mass is 278 g/mol. The molecule has 2 N–H and O–H groups in total. The molecule has 3 heteroatoms. The van der Waals surface area contributed by atoms with Crippen molar-refractivity contribution in [3.63, 3.8) is 0 Å². The zero-order valence-corrected chi connectivity index (χ0v) is 11.8. The van der Waals surface area contributed by atoms with Crippen LogP contribution in [0.2, 0.25) is 0 Å². The van der Waals surface area contributed by atoms with Crippen LogP contribution in [-0.4, -0.2) is 11.6 Å². The highest BCUT2D eigenvalue weighted by molar-refractivity contribution is 5.87. The van der Waals surface area contributed by atoms with Crippen molar-refractivity contribution in [2.75, 3.05) is 6.61 Å². The van der Waals surface area contributed by atoms with Crippen LogP contribution in [-0.2, 0) is 13.0 Å². The molecule has 106 valence electrons. The van der Waals surface area contributed by atoms with Crippen molar-refractivity contribution < 1.29 is 4.74 Å². The Hall–Kier alpha value is -2.39. The Labute approximate surface area is 124 Å². The number of benzene rings is 2. The summed E-state index contributed by atoms with van der Waals surface area (Å²) in [5.41, 5.74) is 8.21. The highest BCUT2D eigenvalue weighted by Crippen LogP contribution is 2.27. The minimum atomic E-state index is 0.478. The van der Waals surface area contributed by atoms with Gasteiger partial charge in [0.2, 0.25) is 0 Å². The highest BCUT2D eigenvalue weighted by Gasteiger charge is 2.07. The molecule has 0 saturated carbocycles. The van der Waals surface area contributed by atoms with E-state index in [1.165, 1.54) is 16.3 Å². The standard InChI is InChI=1S/C18H18N2O/c19-13-17-16-4-2-1-3-15(16)5-6-18(17)21-12-9-14-7-10-20-11-8-14/h1-8,10-11H,9,12-13,19H2. The van der Waals surface area contributed by atoms with E-state index in [-0.39, 0.29) is 0 Å². The van der Waals surface area contributed by atoms with Crippen molar-refractivity contribution in [2.24, 2.45) is 5.73 Å². The van der Waals surface area contributed by atoms with Crippen LogP contribution in [0.4, 0.5) is 0 Å². The number of aromatic nitrogens is 1. The molecule has 21 heavy (non-hydrogen) atoms. The Morgan fingerprint density at radius 1 is 0.952 bits per heavy atom. The Morgan fingerprint density at radius 3 is 2.57 bits per heavy atom. The van der Waals surface area contributed by atoms with Gasteiger partial charge in [-0.25, -0.2) is 0 Å². The van der Waals surface area contributed by atoms with Crippen LogP contribution in [0, 0.1) is 0 Å². The molecule has 0 aliphatic carbocycles. The molecule has 0 aliphatic heterocycles. The summed E-state index contributed by atoms with van der Waals surface area (Å²) in [5.74, 6) is 0.880.